The molecule has 1 fully saturated rings. The lowest BCUT2D eigenvalue weighted by molar-refractivity contribution is 0.401. The predicted octanol–water partition coefficient (Wildman–Crippen LogP) is 3.78. The minimum Gasteiger partial charge on any atom is -0.309 e. The second-order valence-electron chi connectivity index (χ2n) is 4.73. The minimum atomic E-state index is 0.718. The SMILES string of the molecule is C=CCNCc1ccccc1C(=C)C1CCC1. The Bertz CT molecular complexity index is 402. The molecule has 1 saturated carbocycles. The summed E-state index contributed by atoms with van der Waals surface area (Å²) in [6.07, 6.45) is 5.88. The molecule has 0 saturated heterocycles. The fourth-order valence-electron chi connectivity index (χ4n) is 2.27. The Labute approximate surface area is 104 Å². The molecular formula is C16H21N. The van der Waals surface area contributed by atoms with Crippen LogP contribution in [0, 0.1) is 5.92 Å². The van der Waals surface area contributed by atoms with Gasteiger partial charge in [0.1, 0.15) is 0 Å². The highest BCUT2D eigenvalue weighted by Crippen LogP contribution is 2.38. The smallest absolute Gasteiger partial charge is 0.0214 e. The molecule has 0 aliphatic heterocycles. The highest BCUT2D eigenvalue weighted by atomic mass is 14.8. The zero-order valence-electron chi connectivity index (χ0n) is 10.4. The first-order valence-electron chi connectivity index (χ1n) is 6.41. The van der Waals surface area contributed by atoms with Gasteiger partial charge >= 0.3 is 0 Å². The molecule has 1 aliphatic rings. The van der Waals surface area contributed by atoms with E-state index in [9.17, 15) is 0 Å². The zero-order chi connectivity index (χ0) is 12.1. The molecule has 0 spiro atoms. The van der Waals surface area contributed by atoms with Crippen LogP contribution < -0.4 is 5.32 Å². The van der Waals surface area contributed by atoms with Gasteiger partial charge in [0.15, 0.2) is 0 Å². The lowest BCUT2D eigenvalue weighted by Gasteiger charge is -2.28. The molecule has 17 heavy (non-hydrogen) atoms. The van der Waals surface area contributed by atoms with Crippen LogP contribution in [0.5, 0.6) is 0 Å². The number of rotatable bonds is 6. The van der Waals surface area contributed by atoms with Crippen LogP contribution in [0.3, 0.4) is 0 Å². The number of hydrogen-bond donors (Lipinski definition) is 1. The Hall–Kier alpha value is -1.34. The Balaban J connectivity index is 2.08. The van der Waals surface area contributed by atoms with Crippen molar-refractivity contribution in [3.05, 3.63) is 54.6 Å². The summed E-state index contributed by atoms with van der Waals surface area (Å²) in [5.41, 5.74) is 4.02. The van der Waals surface area contributed by atoms with Gasteiger partial charge in [-0.1, -0.05) is 43.3 Å². The maximum Gasteiger partial charge on any atom is 0.0214 e. The van der Waals surface area contributed by atoms with Crippen LogP contribution in [0.25, 0.3) is 5.57 Å². The summed E-state index contributed by atoms with van der Waals surface area (Å²) in [6, 6.07) is 8.60. The summed E-state index contributed by atoms with van der Waals surface area (Å²) in [4.78, 5) is 0. The number of benzene rings is 1. The van der Waals surface area contributed by atoms with Gasteiger partial charge in [-0.25, -0.2) is 0 Å². The maximum absolute atomic E-state index is 4.29. The van der Waals surface area contributed by atoms with Crippen molar-refractivity contribution in [2.75, 3.05) is 6.54 Å². The third-order valence-electron chi connectivity index (χ3n) is 3.57. The highest BCUT2D eigenvalue weighted by molar-refractivity contribution is 5.68. The van der Waals surface area contributed by atoms with Crippen molar-refractivity contribution in [3.63, 3.8) is 0 Å². The van der Waals surface area contributed by atoms with Crippen LogP contribution in [-0.2, 0) is 6.54 Å². The Morgan fingerprint density at radius 3 is 2.76 bits per heavy atom. The van der Waals surface area contributed by atoms with E-state index in [0.29, 0.717) is 0 Å². The molecule has 0 amide bonds. The monoisotopic (exact) mass is 227 g/mol. The van der Waals surface area contributed by atoms with Crippen molar-refractivity contribution < 1.29 is 0 Å². The van der Waals surface area contributed by atoms with E-state index in [1.807, 2.05) is 6.08 Å². The quantitative estimate of drug-likeness (QED) is 0.576. The van der Waals surface area contributed by atoms with Gasteiger partial charge in [-0.05, 0) is 35.5 Å². The van der Waals surface area contributed by atoms with E-state index in [4.69, 9.17) is 0 Å². The highest BCUT2D eigenvalue weighted by Gasteiger charge is 2.22. The fourth-order valence-corrected chi connectivity index (χ4v) is 2.27. The van der Waals surface area contributed by atoms with Crippen LogP contribution in [0.4, 0.5) is 0 Å². The maximum atomic E-state index is 4.29. The molecule has 0 aromatic heterocycles. The molecule has 1 aromatic rings. The van der Waals surface area contributed by atoms with E-state index in [-0.39, 0.29) is 0 Å². The molecule has 0 atom stereocenters. The molecule has 1 nitrogen and oxygen atoms in total. The van der Waals surface area contributed by atoms with Crippen molar-refractivity contribution in [1.82, 2.24) is 5.32 Å². The molecule has 1 heteroatoms. The number of nitrogens with one attached hydrogen (secondary N) is 1. The van der Waals surface area contributed by atoms with Gasteiger partial charge in [-0.3, -0.25) is 0 Å². The second kappa shape index (κ2) is 5.83. The summed E-state index contributed by atoms with van der Waals surface area (Å²) in [5.74, 6) is 0.718. The molecular weight excluding hydrogens is 206 g/mol. The molecule has 1 aliphatic carbocycles. The van der Waals surface area contributed by atoms with E-state index in [0.717, 1.165) is 19.0 Å². The van der Waals surface area contributed by atoms with Crippen molar-refractivity contribution in [3.8, 4) is 0 Å². The third kappa shape index (κ3) is 2.86. The Kier molecular flexibility index (Phi) is 4.16. The molecule has 2 rings (SSSR count). The normalized spacial score (nSPS) is 15.3. The standard InChI is InChI=1S/C16H21N/c1-3-11-17-12-15-7-4-5-10-16(15)13(2)14-8-6-9-14/h3-5,7,10,14,17H,1-2,6,8-9,11-12H2. The third-order valence-corrected chi connectivity index (χ3v) is 3.57. The molecule has 1 N–H and O–H groups in total. The number of hydrogen-bond acceptors (Lipinski definition) is 1. The van der Waals surface area contributed by atoms with E-state index < -0.39 is 0 Å². The van der Waals surface area contributed by atoms with Crippen molar-refractivity contribution >= 4 is 5.57 Å². The number of allylic oxidation sites excluding steroid dienone is 1. The minimum absolute atomic E-state index is 0.718. The first-order chi connectivity index (χ1) is 8.33. The lowest BCUT2D eigenvalue weighted by Crippen LogP contribution is -2.17. The summed E-state index contributed by atoms with van der Waals surface area (Å²) < 4.78 is 0. The Morgan fingerprint density at radius 2 is 2.12 bits per heavy atom. The zero-order valence-corrected chi connectivity index (χ0v) is 10.4. The Morgan fingerprint density at radius 1 is 1.35 bits per heavy atom. The largest absolute Gasteiger partial charge is 0.309 e. The molecule has 1 aromatic carbocycles. The average Bonchev–Trinajstić information content (AvgIpc) is 2.27. The fraction of sp³-hybridized carbons (Fsp3) is 0.375. The second-order valence-corrected chi connectivity index (χ2v) is 4.73. The van der Waals surface area contributed by atoms with E-state index in [1.54, 1.807) is 0 Å². The molecule has 0 heterocycles. The van der Waals surface area contributed by atoms with Gasteiger partial charge in [0.2, 0.25) is 0 Å². The van der Waals surface area contributed by atoms with Gasteiger partial charge in [-0.2, -0.15) is 0 Å². The average molecular weight is 227 g/mol. The van der Waals surface area contributed by atoms with Gasteiger partial charge in [0.25, 0.3) is 0 Å². The summed E-state index contributed by atoms with van der Waals surface area (Å²) >= 11 is 0. The molecule has 0 bridgehead atoms. The van der Waals surface area contributed by atoms with Crippen LogP contribution in [0.15, 0.2) is 43.5 Å². The molecule has 0 radical (unpaired) electrons. The van der Waals surface area contributed by atoms with Crippen molar-refractivity contribution in [2.24, 2.45) is 5.92 Å². The lowest BCUT2D eigenvalue weighted by atomic mass is 9.77. The molecule has 90 valence electrons. The van der Waals surface area contributed by atoms with E-state index in [1.165, 1.54) is 36.0 Å². The first kappa shape index (κ1) is 12.1. The van der Waals surface area contributed by atoms with Crippen LogP contribution in [0.1, 0.15) is 30.4 Å². The van der Waals surface area contributed by atoms with Gasteiger partial charge in [-0.15, -0.1) is 6.58 Å². The summed E-state index contributed by atoms with van der Waals surface area (Å²) in [7, 11) is 0. The van der Waals surface area contributed by atoms with Gasteiger partial charge in [0.05, 0.1) is 0 Å². The van der Waals surface area contributed by atoms with E-state index in [2.05, 4.69) is 42.7 Å². The predicted molar refractivity (Wildman–Crippen MR) is 74.7 cm³/mol. The van der Waals surface area contributed by atoms with Crippen LogP contribution >= 0.6 is 0 Å². The summed E-state index contributed by atoms with van der Waals surface area (Å²) in [6.45, 7) is 9.76. The van der Waals surface area contributed by atoms with Crippen molar-refractivity contribution in [2.45, 2.75) is 25.8 Å². The topological polar surface area (TPSA) is 12.0 Å². The van der Waals surface area contributed by atoms with E-state index >= 15 is 0 Å². The van der Waals surface area contributed by atoms with Crippen LogP contribution in [0.2, 0.25) is 0 Å². The van der Waals surface area contributed by atoms with Crippen molar-refractivity contribution in [1.29, 1.82) is 0 Å². The van der Waals surface area contributed by atoms with Gasteiger partial charge < -0.3 is 5.32 Å². The molecule has 0 unspecified atom stereocenters. The van der Waals surface area contributed by atoms with Crippen LogP contribution in [-0.4, -0.2) is 6.54 Å². The van der Waals surface area contributed by atoms with Gasteiger partial charge in [0, 0.05) is 13.1 Å². The summed E-state index contributed by atoms with van der Waals surface area (Å²) in [5, 5.41) is 3.36. The first-order valence-corrected chi connectivity index (χ1v) is 6.41.